The normalized spacial score (nSPS) is 22.5. The molecule has 0 bridgehead atoms. The van der Waals surface area contributed by atoms with Gasteiger partial charge in [0, 0.05) is 19.4 Å². The number of carbonyl (C=O) groups excluding carboxylic acids is 1. The molecule has 0 saturated heterocycles. The molecule has 0 unspecified atom stereocenters. The minimum absolute atomic E-state index is 0.171. The molecule has 1 saturated carbocycles. The van der Waals surface area contributed by atoms with Crippen LogP contribution in [0.4, 0.5) is 8.78 Å². The second kappa shape index (κ2) is 8.04. The second-order valence-corrected chi connectivity index (χ2v) is 6.42. The molecule has 130 valence electrons. The average molecular weight is 328 g/mol. The van der Waals surface area contributed by atoms with Crippen LogP contribution in [0.5, 0.6) is 0 Å². The van der Waals surface area contributed by atoms with Crippen molar-refractivity contribution in [1.29, 1.82) is 0 Å². The minimum atomic E-state index is -2.66. The third kappa shape index (κ3) is 5.13. The monoisotopic (exact) mass is 328 g/mol. The summed E-state index contributed by atoms with van der Waals surface area (Å²) in [6.07, 6.45) is 8.67. The third-order valence-electron chi connectivity index (χ3n) is 4.71. The molecule has 3 nitrogen and oxygen atoms in total. The van der Waals surface area contributed by atoms with E-state index in [1.165, 1.54) is 0 Å². The predicted octanol–water partition coefficient (Wildman–Crippen LogP) is 4.43. The number of alkyl halides is 2. The highest BCUT2D eigenvalue weighted by Crippen LogP contribution is 2.46. The van der Waals surface area contributed by atoms with Crippen molar-refractivity contribution in [1.82, 2.24) is 0 Å². The maximum atomic E-state index is 13.4. The zero-order valence-corrected chi connectivity index (χ0v) is 13.8. The van der Waals surface area contributed by atoms with E-state index in [9.17, 15) is 13.6 Å². The molecule has 0 aromatic carbocycles. The number of halogens is 2. The first kappa shape index (κ1) is 18.1. The molecule has 0 aromatic heterocycles. The molecule has 2 aliphatic carbocycles. The molecule has 0 radical (unpaired) electrons. The van der Waals surface area contributed by atoms with Crippen molar-refractivity contribution in [2.45, 2.75) is 57.8 Å². The van der Waals surface area contributed by atoms with E-state index in [0.717, 1.165) is 18.4 Å². The Labute approximate surface area is 136 Å². The molecule has 5 heteroatoms. The van der Waals surface area contributed by atoms with Crippen LogP contribution in [0.25, 0.3) is 0 Å². The fourth-order valence-corrected chi connectivity index (χ4v) is 3.17. The highest BCUT2D eigenvalue weighted by atomic mass is 19.3. The molecule has 0 spiro atoms. The lowest BCUT2D eigenvalue weighted by Gasteiger charge is -2.37. The zero-order chi connectivity index (χ0) is 16.8. The van der Waals surface area contributed by atoms with E-state index >= 15 is 0 Å². The van der Waals surface area contributed by atoms with Crippen LogP contribution in [0.1, 0.15) is 51.9 Å². The van der Waals surface area contributed by atoms with Gasteiger partial charge in [-0.15, -0.1) is 0 Å². The summed E-state index contributed by atoms with van der Waals surface area (Å²) < 4.78 is 37.7. The fraction of sp³-hybridized carbons (Fsp3) is 0.722. The Balaban J connectivity index is 1.86. The average Bonchev–Trinajstić information content (AvgIpc) is 2.54. The van der Waals surface area contributed by atoms with Crippen molar-refractivity contribution in [2.75, 3.05) is 19.8 Å². The summed E-state index contributed by atoms with van der Waals surface area (Å²) in [5.74, 6) is -3.01. The number of allylic oxidation sites excluding steroid dienone is 2. The van der Waals surface area contributed by atoms with Gasteiger partial charge in [0.1, 0.15) is 0 Å². The first-order valence-corrected chi connectivity index (χ1v) is 8.46. The molecular formula is C18H26F2O3. The fourth-order valence-electron chi connectivity index (χ4n) is 3.17. The summed E-state index contributed by atoms with van der Waals surface area (Å²) >= 11 is 0. The molecule has 23 heavy (non-hydrogen) atoms. The van der Waals surface area contributed by atoms with Crippen molar-refractivity contribution in [3.8, 4) is 0 Å². The number of ether oxygens (including phenoxy) is 2. The maximum absolute atomic E-state index is 13.4. The molecule has 0 amide bonds. The Morgan fingerprint density at radius 1 is 1.22 bits per heavy atom. The lowest BCUT2D eigenvalue weighted by atomic mass is 9.71. The van der Waals surface area contributed by atoms with E-state index in [0.29, 0.717) is 19.6 Å². The van der Waals surface area contributed by atoms with Crippen molar-refractivity contribution in [2.24, 2.45) is 5.41 Å². The summed E-state index contributed by atoms with van der Waals surface area (Å²) in [4.78, 5) is 12.3. The van der Waals surface area contributed by atoms with E-state index < -0.39 is 11.3 Å². The van der Waals surface area contributed by atoms with Crippen LogP contribution < -0.4 is 0 Å². The number of hydrogen-bond donors (Lipinski definition) is 0. The Morgan fingerprint density at radius 2 is 1.96 bits per heavy atom. The molecule has 0 heterocycles. The van der Waals surface area contributed by atoms with Crippen LogP contribution in [0.15, 0.2) is 23.8 Å². The van der Waals surface area contributed by atoms with Gasteiger partial charge in [0.2, 0.25) is 5.92 Å². The van der Waals surface area contributed by atoms with E-state index in [2.05, 4.69) is 12.2 Å². The number of rotatable bonds is 7. The zero-order valence-electron chi connectivity index (χ0n) is 13.8. The van der Waals surface area contributed by atoms with Gasteiger partial charge in [-0.1, -0.05) is 18.2 Å². The van der Waals surface area contributed by atoms with Gasteiger partial charge in [0.15, 0.2) is 0 Å². The van der Waals surface area contributed by atoms with E-state index in [4.69, 9.17) is 9.47 Å². The second-order valence-electron chi connectivity index (χ2n) is 6.42. The molecule has 1 fully saturated rings. The quantitative estimate of drug-likeness (QED) is 0.512. The lowest BCUT2D eigenvalue weighted by molar-refractivity contribution is -0.165. The summed E-state index contributed by atoms with van der Waals surface area (Å²) in [5, 5.41) is 0. The SMILES string of the molecule is CCOC(=O)C1(CCOCC2=CCCC=C2)CCC(F)(F)CC1. The van der Waals surface area contributed by atoms with Gasteiger partial charge < -0.3 is 9.47 Å². The first-order valence-electron chi connectivity index (χ1n) is 8.46. The Hall–Kier alpha value is -1.23. The Kier molecular flexibility index (Phi) is 6.33. The predicted molar refractivity (Wildman–Crippen MR) is 84.4 cm³/mol. The Morgan fingerprint density at radius 3 is 2.57 bits per heavy atom. The van der Waals surface area contributed by atoms with Gasteiger partial charge in [0.05, 0.1) is 18.6 Å². The van der Waals surface area contributed by atoms with Crippen LogP contribution in [0.3, 0.4) is 0 Å². The van der Waals surface area contributed by atoms with Crippen LogP contribution in [-0.2, 0) is 14.3 Å². The van der Waals surface area contributed by atoms with Crippen LogP contribution in [0, 0.1) is 5.41 Å². The van der Waals surface area contributed by atoms with Gasteiger partial charge >= 0.3 is 5.97 Å². The van der Waals surface area contributed by atoms with Crippen LogP contribution in [-0.4, -0.2) is 31.7 Å². The van der Waals surface area contributed by atoms with Gasteiger partial charge in [-0.25, -0.2) is 8.78 Å². The van der Waals surface area contributed by atoms with Crippen molar-refractivity contribution >= 4 is 5.97 Å². The molecule has 2 aliphatic rings. The van der Waals surface area contributed by atoms with E-state index in [1.54, 1.807) is 6.92 Å². The number of hydrogen-bond acceptors (Lipinski definition) is 3. The van der Waals surface area contributed by atoms with E-state index in [1.807, 2.05) is 6.08 Å². The van der Waals surface area contributed by atoms with Crippen LogP contribution >= 0.6 is 0 Å². The summed E-state index contributed by atoms with van der Waals surface area (Å²) in [5.41, 5.74) is 0.325. The molecular weight excluding hydrogens is 302 g/mol. The van der Waals surface area contributed by atoms with Gasteiger partial charge in [-0.2, -0.15) is 0 Å². The summed E-state index contributed by atoms with van der Waals surface area (Å²) in [6.45, 7) is 2.90. The van der Waals surface area contributed by atoms with Gasteiger partial charge in [-0.3, -0.25) is 4.79 Å². The van der Waals surface area contributed by atoms with Crippen LogP contribution in [0.2, 0.25) is 0 Å². The number of carbonyl (C=O) groups is 1. The Bertz CT molecular complexity index is 459. The molecule has 0 aliphatic heterocycles. The minimum Gasteiger partial charge on any atom is -0.466 e. The van der Waals surface area contributed by atoms with Gasteiger partial charge in [-0.05, 0) is 44.6 Å². The van der Waals surface area contributed by atoms with E-state index in [-0.39, 0.29) is 38.3 Å². The highest BCUT2D eigenvalue weighted by molar-refractivity contribution is 5.77. The molecule has 0 aromatic rings. The molecule has 0 N–H and O–H groups in total. The summed E-state index contributed by atoms with van der Waals surface area (Å²) in [7, 11) is 0. The smallest absolute Gasteiger partial charge is 0.312 e. The standard InChI is InChI=1S/C18H26F2O3/c1-2-23-16(21)17(8-10-18(19,20)11-9-17)12-13-22-14-15-6-4-3-5-7-15/h4,6-7H,2-3,5,8-14H2,1H3. The van der Waals surface area contributed by atoms with Crippen molar-refractivity contribution < 1.29 is 23.0 Å². The highest BCUT2D eigenvalue weighted by Gasteiger charge is 2.48. The van der Waals surface area contributed by atoms with Crippen molar-refractivity contribution in [3.05, 3.63) is 23.8 Å². The third-order valence-corrected chi connectivity index (χ3v) is 4.71. The maximum Gasteiger partial charge on any atom is 0.312 e. The summed E-state index contributed by atoms with van der Waals surface area (Å²) in [6, 6.07) is 0. The van der Waals surface area contributed by atoms with Crippen molar-refractivity contribution in [3.63, 3.8) is 0 Å². The lowest BCUT2D eigenvalue weighted by Crippen LogP contribution is -2.41. The first-order chi connectivity index (χ1) is 11.0. The number of esters is 1. The molecule has 0 atom stereocenters. The van der Waals surface area contributed by atoms with Gasteiger partial charge in [0.25, 0.3) is 0 Å². The largest absolute Gasteiger partial charge is 0.466 e. The topological polar surface area (TPSA) is 35.5 Å². The molecule has 2 rings (SSSR count).